The minimum Gasteiger partial charge on any atom is -0.497 e. The molecule has 25 heavy (non-hydrogen) atoms. The van der Waals surface area contributed by atoms with Crippen LogP contribution in [0.25, 0.3) is 0 Å². The maximum Gasteiger partial charge on any atom is 0.253 e. The number of carbonyl (C=O) groups is 1. The molecule has 1 saturated heterocycles. The summed E-state index contributed by atoms with van der Waals surface area (Å²) in [6.45, 7) is 0.286. The lowest BCUT2D eigenvalue weighted by molar-refractivity contribution is 0.0659. The Hall–Kier alpha value is -2.85. The van der Waals surface area contributed by atoms with Gasteiger partial charge in [0.1, 0.15) is 11.0 Å². The van der Waals surface area contributed by atoms with E-state index in [1.807, 2.05) is 6.07 Å². The molecule has 7 heteroatoms. The van der Waals surface area contributed by atoms with Crippen molar-refractivity contribution < 1.29 is 17.9 Å². The Morgan fingerprint density at radius 2 is 1.88 bits per heavy atom. The number of rotatable bonds is 4. The summed E-state index contributed by atoms with van der Waals surface area (Å²) >= 11 is 0. The van der Waals surface area contributed by atoms with E-state index in [4.69, 9.17) is 10.00 Å². The Labute approximate surface area is 146 Å². The van der Waals surface area contributed by atoms with Crippen molar-refractivity contribution in [1.82, 2.24) is 4.90 Å². The SMILES string of the molecule is COc1ccc(S(=O)(=O)C2CN(C(=O)c3cccc(C#N)c3)C2)cc1. The molecule has 0 atom stereocenters. The third-order valence-corrected chi connectivity index (χ3v) is 6.31. The monoisotopic (exact) mass is 356 g/mol. The molecule has 0 aromatic heterocycles. The van der Waals surface area contributed by atoms with Crippen molar-refractivity contribution in [3.8, 4) is 11.8 Å². The van der Waals surface area contributed by atoms with E-state index in [1.54, 1.807) is 30.3 Å². The standard InChI is InChI=1S/C18H16N2O4S/c1-24-15-5-7-16(8-6-15)25(22,23)17-11-20(12-17)18(21)14-4-2-3-13(9-14)10-19/h2-9,17H,11-12H2,1H3. The number of carbonyl (C=O) groups excluding carboxylic acids is 1. The van der Waals surface area contributed by atoms with Crippen molar-refractivity contribution in [2.75, 3.05) is 20.2 Å². The predicted molar refractivity (Wildman–Crippen MR) is 91.0 cm³/mol. The minimum absolute atomic E-state index is 0.143. The van der Waals surface area contributed by atoms with E-state index in [-0.39, 0.29) is 23.9 Å². The second kappa shape index (κ2) is 6.57. The third-order valence-electron chi connectivity index (χ3n) is 4.20. The molecule has 0 radical (unpaired) electrons. The van der Waals surface area contributed by atoms with Gasteiger partial charge in [0.15, 0.2) is 9.84 Å². The molecule has 1 amide bonds. The summed E-state index contributed by atoms with van der Waals surface area (Å²) in [5.74, 6) is 0.319. The van der Waals surface area contributed by atoms with Gasteiger partial charge in [-0.05, 0) is 42.5 Å². The molecule has 0 aliphatic carbocycles. The first-order valence-electron chi connectivity index (χ1n) is 7.63. The van der Waals surface area contributed by atoms with E-state index in [0.29, 0.717) is 16.9 Å². The molecule has 128 valence electrons. The fraction of sp³-hybridized carbons (Fsp3) is 0.222. The van der Waals surface area contributed by atoms with E-state index in [1.165, 1.54) is 30.2 Å². The predicted octanol–water partition coefficient (Wildman–Crippen LogP) is 1.87. The summed E-state index contributed by atoms with van der Waals surface area (Å²) in [7, 11) is -1.98. The maximum atomic E-state index is 12.6. The van der Waals surface area contributed by atoms with Gasteiger partial charge in [-0.1, -0.05) is 6.07 Å². The zero-order chi connectivity index (χ0) is 18.0. The summed E-state index contributed by atoms with van der Waals surface area (Å²) in [5, 5.41) is 8.28. The van der Waals surface area contributed by atoms with Gasteiger partial charge in [0.25, 0.3) is 5.91 Å². The minimum atomic E-state index is -3.49. The molecule has 1 fully saturated rings. The van der Waals surface area contributed by atoms with Gasteiger partial charge in [-0.2, -0.15) is 5.26 Å². The molecule has 2 aromatic carbocycles. The molecule has 1 aliphatic heterocycles. The van der Waals surface area contributed by atoms with Crippen molar-refractivity contribution >= 4 is 15.7 Å². The number of likely N-dealkylation sites (tertiary alicyclic amines) is 1. The fourth-order valence-corrected chi connectivity index (χ4v) is 4.32. The van der Waals surface area contributed by atoms with Crippen LogP contribution in [-0.4, -0.2) is 44.7 Å². The van der Waals surface area contributed by atoms with Crippen LogP contribution in [0.3, 0.4) is 0 Å². The Kier molecular flexibility index (Phi) is 4.47. The van der Waals surface area contributed by atoms with Crippen LogP contribution in [0.1, 0.15) is 15.9 Å². The highest BCUT2D eigenvalue weighted by atomic mass is 32.2. The fourth-order valence-electron chi connectivity index (χ4n) is 2.66. The summed E-state index contributed by atoms with van der Waals surface area (Å²) in [6.07, 6.45) is 0. The van der Waals surface area contributed by atoms with Gasteiger partial charge >= 0.3 is 0 Å². The number of nitrogens with zero attached hydrogens (tertiary/aromatic N) is 2. The van der Waals surface area contributed by atoms with Gasteiger partial charge in [0, 0.05) is 18.7 Å². The molecule has 0 N–H and O–H groups in total. The zero-order valence-corrected chi connectivity index (χ0v) is 14.4. The van der Waals surface area contributed by atoms with Crippen LogP contribution < -0.4 is 4.74 Å². The van der Waals surface area contributed by atoms with Crippen LogP contribution in [-0.2, 0) is 9.84 Å². The molecule has 1 heterocycles. The van der Waals surface area contributed by atoms with E-state index in [2.05, 4.69) is 0 Å². The second-order valence-corrected chi connectivity index (χ2v) is 7.97. The van der Waals surface area contributed by atoms with Crippen LogP contribution in [0.5, 0.6) is 5.75 Å². The number of ether oxygens (including phenoxy) is 1. The molecular formula is C18H16N2O4S. The topological polar surface area (TPSA) is 87.5 Å². The van der Waals surface area contributed by atoms with Crippen LogP contribution in [0.2, 0.25) is 0 Å². The van der Waals surface area contributed by atoms with Gasteiger partial charge in [0.2, 0.25) is 0 Å². The molecule has 0 bridgehead atoms. The highest BCUT2D eigenvalue weighted by molar-refractivity contribution is 7.92. The first-order chi connectivity index (χ1) is 12.0. The zero-order valence-electron chi connectivity index (χ0n) is 13.5. The van der Waals surface area contributed by atoms with Crippen LogP contribution in [0.15, 0.2) is 53.4 Å². The highest BCUT2D eigenvalue weighted by Gasteiger charge is 2.40. The number of hydrogen-bond donors (Lipinski definition) is 0. The van der Waals surface area contributed by atoms with Crippen molar-refractivity contribution in [2.24, 2.45) is 0 Å². The highest BCUT2D eigenvalue weighted by Crippen LogP contribution is 2.26. The lowest BCUT2D eigenvalue weighted by atomic mass is 10.1. The first-order valence-corrected chi connectivity index (χ1v) is 9.17. The Morgan fingerprint density at radius 1 is 1.20 bits per heavy atom. The summed E-state index contributed by atoms with van der Waals surface area (Å²) < 4.78 is 30.2. The number of nitriles is 1. The van der Waals surface area contributed by atoms with Crippen LogP contribution >= 0.6 is 0 Å². The second-order valence-electron chi connectivity index (χ2n) is 5.75. The molecule has 2 aromatic rings. The van der Waals surface area contributed by atoms with Gasteiger partial charge in [-0.15, -0.1) is 0 Å². The quantitative estimate of drug-likeness (QED) is 0.834. The Balaban J connectivity index is 1.70. The van der Waals surface area contributed by atoms with Crippen LogP contribution in [0.4, 0.5) is 0 Å². The third kappa shape index (κ3) is 3.21. The average molecular weight is 356 g/mol. The summed E-state index contributed by atoms with van der Waals surface area (Å²) in [6, 6.07) is 14.6. The molecule has 1 aliphatic rings. The van der Waals surface area contributed by atoms with E-state index >= 15 is 0 Å². The molecule has 6 nitrogen and oxygen atoms in total. The number of amides is 1. The van der Waals surface area contributed by atoms with Crippen molar-refractivity contribution in [3.05, 3.63) is 59.7 Å². The average Bonchev–Trinajstić information content (AvgIpc) is 2.60. The largest absolute Gasteiger partial charge is 0.497 e. The summed E-state index contributed by atoms with van der Waals surface area (Å²) in [4.78, 5) is 14.1. The number of methoxy groups -OCH3 is 1. The lowest BCUT2D eigenvalue weighted by Gasteiger charge is -2.38. The van der Waals surface area contributed by atoms with Gasteiger partial charge in [0.05, 0.1) is 23.6 Å². The van der Waals surface area contributed by atoms with Crippen LogP contribution in [0, 0.1) is 11.3 Å². The normalized spacial score (nSPS) is 14.5. The van der Waals surface area contributed by atoms with Gasteiger partial charge in [-0.25, -0.2) is 8.42 Å². The number of hydrogen-bond acceptors (Lipinski definition) is 5. The smallest absolute Gasteiger partial charge is 0.253 e. The number of benzene rings is 2. The molecule has 0 saturated carbocycles. The first kappa shape index (κ1) is 17.0. The van der Waals surface area contributed by atoms with E-state index < -0.39 is 15.1 Å². The Bertz CT molecular complexity index is 940. The maximum absolute atomic E-state index is 12.6. The lowest BCUT2D eigenvalue weighted by Crippen LogP contribution is -2.56. The van der Waals surface area contributed by atoms with Crippen molar-refractivity contribution in [2.45, 2.75) is 10.1 Å². The van der Waals surface area contributed by atoms with E-state index in [0.717, 1.165) is 0 Å². The van der Waals surface area contributed by atoms with E-state index in [9.17, 15) is 13.2 Å². The molecule has 0 spiro atoms. The molecule has 0 unspecified atom stereocenters. The summed E-state index contributed by atoms with van der Waals surface area (Å²) in [5.41, 5.74) is 0.785. The Morgan fingerprint density at radius 3 is 2.48 bits per heavy atom. The molecule has 3 rings (SSSR count). The van der Waals surface area contributed by atoms with Gasteiger partial charge in [-0.3, -0.25) is 4.79 Å². The van der Waals surface area contributed by atoms with Crippen molar-refractivity contribution in [3.63, 3.8) is 0 Å². The number of sulfone groups is 1. The van der Waals surface area contributed by atoms with Gasteiger partial charge < -0.3 is 9.64 Å². The van der Waals surface area contributed by atoms with Crippen molar-refractivity contribution in [1.29, 1.82) is 5.26 Å². The molecular weight excluding hydrogens is 340 g/mol.